The highest BCUT2D eigenvalue weighted by molar-refractivity contribution is 7.80. The van der Waals surface area contributed by atoms with Crippen LogP contribution in [0.2, 0.25) is 0 Å². The molecule has 0 atom stereocenters. The van der Waals surface area contributed by atoms with E-state index in [-0.39, 0.29) is 17.5 Å². The first-order valence-corrected chi connectivity index (χ1v) is 6.55. The van der Waals surface area contributed by atoms with E-state index >= 15 is 0 Å². The van der Waals surface area contributed by atoms with Gasteiger partial charge in [0.05, 0.1) is 13.3 Å². The molecule has 0 aliphatic heterocycles. The Hall–Kier alpha value is -1.96. The van der Waals surface area contributed by atoms with Crippen molar-refractivity contribution in [3.05, 3.63) is 23.8 Å². The molecular weight excluding hydrogens is 300 g/mol. The van der Waals surface area contributed by atoms with Crippen LogP contribution in [0.5, 0.6) is 11.5 Å². The highest BCUT2D eigenvalue weighted by Crippen LogP contribution is 2.28. The monoisotopic (exact) mass is 317 g/mol. The van der Waals surface area contributed by atoms with Crippen LogP contribution in [-0.2, 0) is 0 Å². The maximum Gasteiger partial charge on any atom is 0.387 e. The Morgan fingerprint density at radius 2 is 2.05 bits per heavy atom. The molecule has 0 heterocycles. The second-order valence-electron chi connectivity index (χ2n) is 4.29. The van der Waals surface area contributed by atoms with Gasteiger partial charge in [0.15, 0.2) is 16.6 Å². The fourth-order valence-electron chi connectivity index (χ4n) is 1.42. The van der Waals surface area contributed by atoms with Crippen LogP contribution in [0.3, 0.4) is 0 Å². The minimum absolute atomic E-state index is 0.0328. The molecule has 0 bridgehead atoms. The molecular formula is C13H17F2N3O2S. The molecule has 21 heavy (non-hydrogen) atoms. The Labute approximate surface area is 127 Å². The lowest BCUT2D eigenvalue weighted by Gasteiger charge is -2.10. The van der Waals surface area contributed by atoms with Gasteiger partial charge < -0.3 is 14.8 Å². The van der Waals surface area contributed by atoms with Crippen molar-refractivity contribution in [3.8, 4) is 11.5 Å². The number of rotatable bonds is 6. The predicted molar refractivity (Wildman–Crippen MR) is 81.2 cm³/mol. The molecule has 0 saturated heterocycles. The van der Waals surface area contributed by atoms with Gasteiger partial charge in [0.25, 0.3) is 0 Å². The van der Waals surface area contributed by atoms with Gasteiger partial charge in [0, 0.05) is 6.04 Å². The Kier molecular flexibility index (Phi) is 6.80. The maximum absolute atomic E-state index is 12.2. The van der Waals surface area contributed by atoms with Crippen LogP contribution < -0.4 is 20.2 Å². The highest BCUT2D eigenvalue weighted by Gasteiger charge is 2.10. The van der Waals surface area contributed by atoms with E-state index in [1.807, 2.05) is 13.8 Å². The number of hydrogen-bond donors (Lipinski definition) is 2. The minimum Gasteiger partial charge on any atom is -0.493 e. The smallest absolute Gasteiger partial charge is 0.387 e. The van der Waals surface area contributed by atoms with Gasteiger partial charge in [-0.1, -0.05) is 0 Å². The van der Waals surface area contributed by atoms with Gasteiger partial charge in [-0.3, -0.25) is 5.43 Å². The first-order valence-electron chi connectivity index (χ1n) is 6.14. The molecule has 1 aromatic rings. The number of thiocarbonyl (C=S) groups is 1. The van der Waals surface area contributed by atoms with Crippen molar-refractivity contribution >= 4 is 23.5 Å². The Morgan fingerprint density at radius 1 is 1.33 bits per heavy atom. The van der Waals surface area contributed by atoms with Crippen molar-refractivity contribution in [2.75, 3.05) is 7.11 Å². The van der Waals surface area contributed by atoms with Gasteiger partial charge in [0.1, 0.15) is 0 Å². The van der Waals surface area contributed by atoms with Gasteiger partial charge in [0.2, 0.25) is 0 Å². The maximum atomic E-state index is 12.2. The number of hydrogen-bond acceptors (Lipinski definition) is 4. The number of ether oxygens (including phenoxy) is 2. The summed E-state index contributed by atoms with van der Waals surface area (Å²) in [5.74, 6) is 0.164. The van der Waals surface area contributed by atoms with E-state index < -0.39 is 6.61 Å². The number of hydrazone groups is 1. The molecule has 0 spiro atoms. The topological polar surface area (TPSA) is 54.9 Å². The number of nitrogens with one attached hydrogen (secondary N) is 2. The van der Waals surface area contributed by atoms with E-state index in [1.54, 1.807) is 6.07 Å². The summed E-state index contributed by atoms with van der Waals surface area (Å²) in [5, 5.41) is 7.29. The second-order valence-corrected chi connectivity index (χ2v) is 4.70. The molecule has 0 fully saturated rings. The van der Waals surface area contributed by atoms with Crippen molar-refractivity contribution in [2.24, 2.45) is 5.10 Å². The Morgan fingerprint density at radius 3 is 2.62 bits per heavy atom. The Bertz CT molecular complexity index is 510. The minimum atomic E-state index is -2.90. The Balaban J connectivity index is 2.69. The van der Waals surface area contributed by atoms with Gasteiger partial charge in [-0.05, 0) is 49.8 Å². The van der Waals surface area contributed by atoms with E-state index in [1.165, 1.54) is 25.5 Å². The number of halogens is 2. The van der Waals surface area contributed by atoms with E-state index in [9.17, 15) is 8.78 Å². The molecule has 0 radical (unpaired) electrons. The van der Waals surface area contributed by atoms with Crippen molar-refractivity contribution in [1.29, 1.82) is 0 Å². The van der Waals surface area contributed by atoms with E-state index in [0.717, 1.165) is 0 Å². The summed E-state index contributed by atoms with van der Waals surface area (Å²) in [6.07, 6.45) is 1.49. The SMILES string of the molecule is COc1cc(/C=N/NC(=S)NC(C)C)ccc1OC(F)F. The van der Waals surface area contributed by atoms with Crippen LogP contribution in [0.4, 0.5) is 8.78 Å². The summed E-state index contributed by atoms with van der Waals surface area (Å²) in [4.78, 5) is 0. The molecule has 5 nitrogen and oxygen atoms in total. The third kappa shape index (κ3) is 6.35. The first kappa shape index (κ1) is 17.1. The zero-order valence-corrected chi connectivity index (χ0v) is 12.7. The van der Waals surface area contributed by atoms with Gasteiger partial charge in [-0.25, -0.2) is 0 Å². The third-order valence-corrected chi connectivity index (χ3v) is 2.41. The van der Waals surface area contributed by atoms with Gasteiger partial charge in [-0.15, -0.1) is 0 Å². The molecule has 0 aromatic heterocycles. The van der Waals surface area contributed by atoms with Crippen molar-refractivity contribution in [1.82, 2.24) is 10.7 Å². The number of alkyl halides is 2. The average Bonchev–Trinajstić information content (AvgIpc) is 2.38. The van der Waals surface area contributed by atoms with Crippen molar-refractivity contribution in [2.45, 2.75) is 26.5 Å². The lowest BCUT2D eigenvalue weighted by molar-refractivity contribution is -0.0512. The summed E-state index contributed by atoms with van der Waals surface area (Å²) < 4.78 is 33.7. The van der Waals surface area contributed by atoms with E-state index in [0.29, 0.717) is 10.7 Å². The molecule has 0 aliphatic rings. The van der Waals surface area contributed by atoms with E-state index in [2.05, 4.69) is 20.6 Å². The normalized spacial score (nSPS) is 11.0. The van der Waals surface area contributed by atoms with Crippen molar-refractivity contribution < 1.29 is 18.3 Å². The third-order valence-electron chi connectivity index (χ3n) is 2.20. The molecule has 8 heteroatoms. The zero-order valence-electron chi connectivity index (χ0n) is 11.9. The van der Waals surface area contributed by atoms with Crippen LogP contribution in [0.25, 0.3) is 0 Å². The van der Waals surface area contributed by atoms with Crippen LogP contribution in [0, 0.1) is 0 Å². The molecule has 1 rings (SSSR count). The van der Waals surface area contributed by atoms with Crippen LogP contribution >= 0.6 is 12.2 Å². The fourth-order valence-corrected chi connectivity index (χ4v) is 1.71. The fraction of sp³-hybridized carbons (Fsp3) is 0.385. The summed E-state index contributed by atoms with van der Waals surface area (Å²) in [5.41, 5.74) is 3.29. The molecule has 0 saturated carbocycles. The molecule has 0 unspecified atom stereocenters. The van der Waals surface area contributed by atoms with E-state index in [4.69, 9.17) is 17.0 Å². The number of methoxy groups -OCH3 is 1. The zero-order chi connectivity index (χ0) is 15.8. The lowest BCUT2D eigenvalue weighted by atomic mass is 10.2. The molecule has 2 N–H and O–H groups in total. The molecule has 0 aliphatic carbocycles. The van der Waals surface area contributed by atoms with Crippen LogP contribution in [-0.4, -0.2) is 31.1 Å². The van der Waals surface area contributed by atoms with Gasteiger partial charge in [-0.2, -0.15) is 13.9 Å². The number of nitrogens with zero attached hydrogens (tertiary/aromatic N) is 1. The summed E-state index contributed by atoms with van der Waals surface area (Å²) >= 11 is 5.00. The molecule has 1 aromatic carbocycles. The largest absolute Gasteiger partial charge is 0.493 e. The summed E-state index contributed by atoms with van der Waals surface area (Å²) in [7, 11) is 1.37. The predicted octanol–water partition coefficient (Wildman–Crippen LogP) is 2.50. The number of benzene rings is 1. The standard InChI is InChI=1S/C13H17F2N3O2S/c1-8(2)17-13(21)18-16-7-9-4-5-10(20-12(14)15)11(6-9)19-3/h4-8,12H,1-3H3,(H2,17,18,21)/b16-7+. The van der Waals surface area contributed by atoms with Gasteiger partial charge >= 0.3 is 6.61 Å². The average molecular weight is 317 g/mol. The molecule has 116 valence electrons. The quantitative estimate of drug-likeness (QED) is 0.480. The van der Waals surface area contributed by atoms with Crippen LogP contribution in [0.15, 0.2) is 23.3 Å². The highest BCUT2D eigenvalue weighted by atomic mass is 32.1. The first-order chi connectivity index (χ1) is 9.92. The van der Waals surface area contributed by atoms with Crippen molar-refractivity contribution in [3.63, 3.8) is 0 Å². The lowest BCUT2D eigenvalue weighted by Crippen LogP contribution is -2.36. The summed E-state index contributed by atoms with van der Waals surface area (Å²) in [6.45, 7) is 0.994. The molecule has 0 amide bonds. The van der Waals surface area contributed by atoms with Crippen LogP contribution in [0.1, 0.15) is 19.4 Å². The second kappa shape index (κ2) is 8.35. The summed E-state index contributed by atoms with van der Waals surface area (Å²) in [6, 6.07) is 4.69.